The van der Waals surface area contributed by atoms with Crippen LogP contribution in [0.4, 0.5) is 0 Å². The van der Waals surface area contributed by atoms with Crippen molar-refractivity contribution in [2.75, 3.05) is 0 Å². The van der Waals surface area contributed by atoms with E-state index in [0.29, 0.717) is 23.8 Å². The molecule has 1 N–H and O–H groups in total. The van der Waals surface area contributed by atoms with Gasteiger partial charge in [-0.2, -0.15) is 4.98 Å². The lowest BCUT2D eigenvalue weighted by Gasteiger charge is -2.00. The molecule has 7 heteroatoms. The first-order valence-electron chi connectivity index (χ1n) is 5.61. The summed E-state index contributed by atoms with van der Waals surface area (Å²) in [5, 5.41) is 12.9. The first kappa shape index (κ1) is 11.4. The van der Waals surface area contributed by atoms with E-state index in [1.54, 1.807) is 23.9 Å². The molecule has 0 aliphatic carbocycles. The minimum atomic E-state index is -0.994. The number of aryl methyl sites for hydroxylation is 1. The molecule has 0 atom stereocenters. The zero-order valence-electron chi connectivity index (χ0n) is 10.1. The third kappa shape index (κ3) is 1.95. The molecule has 1 aromatic carbocycles. The maximum atomic E-state index is 11.1. The van der Waals surface area contributed by atoms with Crippen LogP contribution in [0.15, 0.2) is 29.0 Å². The summed E-state index contributed by atoms with van der Waals surface area (Å²) in [7, 11) is 0. The standard InChI is InChI=1S/C12H10N4O3/c1-7-14-10(15-19-7)5-16-6-13-11-8(12(17)18)3-2-4-9(11)16/h2-4,6H,5H2,1H3,(H,17,18). The number of rotatable bonds is 3. The smallest absolute Gasteiger partial charge is 0.337 e. The number of aromatic carboxylic acids is 1. The van der Waals surface area contributed by atoms with Gasteiger partial charge in [-0.3, -0.25) is 0 Å². The fourth-order valence-corrected chi connectivity index (χ4v) is 1.94. The van der Waals surface area contributed by atoms with Crippen molar-refractivity contribution in [1.82, 2.24) is 19.7 Å². The summed E-state index contributed by atoms with van der Waals surface area (Å²) < 4.78 is 6.68. The maximum Gasteiger partial charge on any atom is 0.337 e. The van der Waals surface area contributed by atoms with Crippen LogP contribution >= 0.6 is 0 Å². The van der Waals surface area contributed by atoms with Gasteiger partial charge in [0.25, 0.3) is 0 Å². The fourth-order valence-electron chi connectivity index (χ4n) is 1.94. The molecule has 0 radical (unpaired) electrons. The second kappa shape index (κ2) is 4.20. The van der Waals surface area contributed by atoms with E-state index in [1.807, 2.05) is 6.07 Å². The lowest BCUT2D eigenvalue weighted by Crippen LogP contribution is -2.01. The van der Waals surface area contributed by atoms with E-state index in [0.717, 1.165) is 5.52 Å². The highest BCUT2D eigenvalue weighted by Crippen LogP contribution is 2.18. The number of fused-ring (bicyclic) bond motifs is 1. The van der Waals surface area contributed by atoms with Crippen molar-refractivity contribution in [1.29, 1.82) is 0 Å². The molecule has 96 valence electrons. The Morgan fingerprint density at radius 2 is 2.32 bits per heavy atom. The zero-order chi connectivity index (χ0) is 13.4. The lowest BCUT2D eigenvalue weighted by molar-refractivity contribution is 0.0699. The highest BCUT2D eigenvalue weighted by atomic mass is 16.5. The average molecular weight is 258 g/mol. The number of hydrogen-bond donors (Lipinski definition) is 1. The summed E-state index contributed by atoms with van der Waals surface area (Å²) in [6.07, 6.45) is 1.57. The van der Waals surface area contributed by atoms with Gasteiger partial charge in [0.15, 0.2) is 5.82 Å². The Morgan fingerprint density at radius 1 is 1.47 bits per heavy atom. The molecule has 0 fully saturated rings. The molecule has 0 unspecified atom stereocenters. The second-order valence-corrected chi connectivity index (χ2v) is 4.08. The summed E-state index contributed by atoms with van der Waals surface area (Å²) in [5.41, 5.74) is 1.36. The van der Waals surface area contributed by atoms with Crippen LogP contribution in [0, 0.1) is 6.92 Å². The van der Waals surface area contributed by atoms with Crippen LogP contribution in [0.1, 0.15) is 22.1 Å². The molecular formula is C12H10N4O3. The van der Waals surface area contributed by atoms with Crippen molar-refractivity contribution < 1.29 is 14.4 Å². The van der Waals surface area contributed by atoms with Gasteiger partial charge < -0.3 is 14.2 Å². The molecule has 2 heterocycles. The second-order valence-electron chi connectivity index (χ2n) is 4.08. The minimum absolute atomic E-state index is 0.181. The van der Waals surface area contributed by atoms with Gasteiger partial charge >= 0.3 is 5.97 Å². The van der Waals surface area contributed by atoms with E-state index in [1.165, 1.54) is 6.07 Å². The van der Waals surface area contributed by atoms with Crippen LogP contribution in [-0.2, 0) is 6.54 Å². The number of para-hydroxylation sites is 1. The van der Waals surface area contributed by atoms with Crippen molar-refractivity contribution in [3.8, 4) is 0 Å². The quantitative estimate of drug-likeness (QED) is 0.764. The SMILES string of the molecule is Cc1nc(Cn2cnc3c(C(=O)O)cccc32)no1. The van der Waals surface area contributed by atoms with E-state index in [4.69, 9.17) is 9.63 Å². The third-order valence-corrected chi connectivity index (χ3v) is 2.76. The number of carboxylic acid groups (broad SMARTS) is 1. The Morgan fingerprint density at radius 3 is 3.00 bits per heavy atom. The van der Waals surface area contributed by atoms with Crippen molar-refractivity contribution in [2.45, 2.75) is 13.5 Å². The van der Waals surface area contributed by atoms with Gasteiger partial charge in [-0.25, -0.2) is 9.78 Å². The first-order chi connectivity index (χ1) is 9.15. The van der Waals surface area contributed by atoms with E-state index in [2.05, 4.69) is 15.1 Å². The minimum Gasteiger partial charge on any atom is -0.478 e. The van der Waals surface area contributed by atoms with Gasteiger partial charge in [0.1, 0.15) is 5.52 Å². The summed E-state index contributed by atoms with van der Waals surface area (Å²) in [5.74, 6) is 0.0226. The fraction of sp³-hybridized carbons (Fsp3) is 0.167. The molecule has 0 saturated carbocycles. The molecule has 3 aromatic rings. The maximum absolute atomic E-state index is 11.1. The molecule has 7 nitrogen and oxygen atoms in total. The molecule has 0 spiro atoms. The third-order valence-electron chi connectivity index (χ3n) is 2.76. The highest BCUT2D eigenvalue weighted by Gasteiger charge is 2.13. The predicted molar refractivity (Wildman–Crippen MR) is 64.8 cm³/mol. The molecule has 2 aromatic heterocycles. The molecule has 0 amide bonds. The van der Waals surface area contributed by atoms with Gasteiger partial charge in [-0.05, 0) is 12.1 Å². The monoisotopic (exact) mass is 258 g/mol. The first-order valence-corrected chi connectivity index (χ1v) is 5.61. The Labute approximate surface area is 107 Å². The summed E-state index contributed by atoms with van der Waals surface area (Å²) in [4.78, 5) is 19.3. The molecule has 0 saturated heterocycles. The van der Waals surface area contributed by atoms with Crippen molar-refractivity contribution in [3.05, 3.63) is 41.8 Å². The number of carboxylic acids is 1. The average Bonchev–Trinajstić information content (AvgIpc) is 2.97. The van der Waals surface area contributed by atoms with Crippen molar-refractivity contribution in [2.24, 2.45) is 0 Å². The Hall–Kier alpha value is -2.70. The van der Waals surface area contributed by atoms with Crippen LogP contribution in [0.25, 0.3) is 11.0 Å². The van der Waals surface area contributed by atoms with Gasteiger partial charge in [0, 0.05) is 6.92 Å². The Kier molecular flexibility index (Phi) is 2.52. The number of hydrogen-bond acceptors (Lipinski definition) is 5. The summed E-state index contributed by atoms with van der Waals surface area (Å²) in [6, 6.07) is 5.02. The van der Waals surface area contributed by atoms with E-state index in [9.17, 15) is 4.79 Å². The van der Waals surface area contributed by atoms with E-state index >= 15 is 0 Å². The van der Waals surface area contributed by atoms with Gasteiger partial charge in [-0.1, -0.05) is 11.2 Å². The number of aromatic nitrogens is 4. The summed E-state index contributed by atoms with van der Waals surface area (Å²) in [6.45, 7) is 2.10. The number of benzene rings is 1. The zero-order valence-corrected chi connectivity index (χ0v) is 10.1. The van der Waals surface area contributed by atoms with Crippen LogP contribution in [0.3, 0.4) is 0 Å². The predicted octanol–water partition coefficient (Wildman–Crippen LogP) is 1.47. The van der Waals surface area contributed by atoms with E-state index < -0.39 is 5.97 Å². The van der Waals surface area contributed by atoms with Crippen molar-refractivity contribution in [3.63, 3.8) is 0 Å². The molecule has 0 aliphatic heterocycles. The number of carbonyl (C=O) groups is 1. The normalized spacial score (nSPS) is 11.0. The summed E-state index contributed by atoms with van der Waals surface area (Å²) >= 11 is 0. The van der Waals surface area contributed by atoms with Crippen molar-refractivity contribution >= 4 is 17.0 Å². The molecular weight excluding hydrogens is 248 g/mol. The Balaban J connectivity index is 2.06. The molecule has 0 bridgehead atoms. The Bertz CT molecular complexity index is 759. The largest absolute Gasteiger partial charge is 0.478 e. The van der Waals surface area contributed by atoms with Crippen LogP contribution in [0.2, 0.25) is 0 Å². The molecule has 19 heavy (non-hydrogen) atoms. The van der Waals surface area contributed by atoms with Gasteiger partial charge in [0.05, 0.1) is 24.0 Å². The molecule has 3 rings (SSSR count). The van der Waals surface area contributed by atoms with E-state index in [-0.39, 0.29) is 5.56 Å². The van der Waals surface area contributed by atoms with Crippen LogP contribution < -0.4 is 0 Å². The lowest BCUT2D eigenvalue weighted by atomic mass is 10.2. The van der Waals surface area contributed by atoms with Gasteiger partial charge in [-0.15, -0.1) is 0 Å². The molecule has 0 aliphatic rings. The topological polar surface area (TPSA) is 94.0 Å². The number of nitrogens with zero attached hydrogens (tertiary/aromatic N) is 4. The van der Waals surface area contributed by atoms with Gasteiger partial charge in [0.2, 0.25) is 5.89 Å². The highest BCUT2D eigenvalue weighted by molar-refractivity contribution is 6.00. The van der Waals surface area contributed by atoms with Crippen LogP contribution in [-0.4, -0.2) is 30.8 Å². The number of imidazole rings is 1. The van der Waals surface area contributed by atoms with Crippen LogP contribution in [0.5, 0.6) is 0 Å².